The zero-order valence-corrected chi connectivity index (χ0v) is 20.7. The molecule has 1 saturated heterocycles. The first kappa shape index (κ1) is 26.1. The number of hydrazone groups is 1. The zero-order valence-electron chi connectivity index (χ0n) is 19.9. The van der Waals surface area contributed by atoms with Crippen molar-refractivity contribution in [2.45, 2.75) is 32.6 Å². The number of halogens is 2. The maximum Gasteiger partial charge on any atom is 0.328 e. The Bertz CT molecular complexity index is 1320. The van der Waals surface area contributed by atoms with Gasteiger partial charge in [0.1, 0.15) is 5.75 Å². The molecular weight excluding hydrogens is 482 g/mol. The van der Waals surface area contributed by atoms with Crippen LogP contribution in [0.25, 0.3) is 11.1 Å². The van der Waals surface area contributed by atoms with Gasteiger partial charge in [0.2, 0.25) is 15.9 Å². The number of nitrogens with one attached hydrogen (secondary N) is 2. The number of sulfonamides is 1. The SMILES string of the molecule is COc1c(-c2ccc(/C=N/NS(C)(=O)=O)c(F)c2F)cc(N2CCC(=O)NC2=O)cc1C(C)(C)C. The van der Waals surface area contributed by atoms with Crippen LogP contribution in [-0.2, 0) is 20.2 Å². The first-order valence-electron chi connectivity index (χ1n) is 10.5. The van der Waals surface area contributed by atoms with Crippen molar-refractivity contribution in [1.82, 2.24) is 10.1 Å². The van der Waals surface area contributed by atoms with E-state index in [4.69, 9.17) is 4.74 Å². The van der Waals surface area contributed by atoms with E-state index in [1.807, 2.05) is 25.6 Å². The molecule has 1 aliphatic rings. The van der Waals surface area contributed by atoms with Crippen LogP contribution in [0, 0.1) is 11.6 Å². The van der Waals surface area contributed by atoms with Gasteiger partial charge in [0.05, 0.1) is 19.6 Å². The van der Waals surface area contributed by atoms with E-state index in [0.29, 0.717) is 17.0 Å². The highest BCUT2D eigenvalue weighted by molar-refractivity contribution is 7.88. The van der Waals surface area contributed by atoms with Crippen molar-refractivity contribution in [3.63, 3.8) is 0 Å². The average molecular weight is 509 g/mol. The van der Waals surface area contributed by atoms with Gasteiger partial charge in [-0.15, -0.1) is 0 Å². The fourth-order valence-electron chi connectivity index (χ4n) is 3.62. The summed E-state index contributed by atoms with van der Waals surface area (Å²) in [6, 6.07) is 5.17. The van der Waals surface area contributed by atoms with E-state index in [1.165, 1.54) is 30.2 Å². The Morgan fingerprint density at radius 2 is 1.83 bits per heavy atom. The number of carbonyl (C=O) groups is 2. The van der Waals surface area contributed by atoms with Crippen LogP contribution in [-0.4, -0.2) is 46.5 Å². The quantitative estimate of drug-likeness (QED) is 0.459. The molecule has 1 aliphatic heterocycles. The number of hydrogen-bond acceptors (Lipinski definition) is 6. The highest BCUT2D eigenvalue weighted by Gasteiger charge is 2.30. The van der Waals surface area contributed by atoms with Crippen molar-refractivity contribution in [1.29, 1.82) is 0 Å². The van der Waals surface area contributed by atoms with Gasteiger partial charge in [0.25, 0.3) is 0 Å². The van der Waals surface area contributed by atoms with Gasteiger partial charge in [0.15, 0.2) is 11.6 Å². The summed E-state index contributed by atoms with van der Waals surface area (Å²) in [6.07, 6.45) is 1.82. The molecule has 0 aliphatic carbocycles. The third-order valence-electron chi connectivity index (χ3n) is 5.28. The van der Waals surface area contributed by atoms with E-state index in [0.717, 1.165) is 12.5 Å². The second-order valence-corrected chi connectivity index (χ2v) is 10.8. The third-order valence-corrected chi connectivity index (χ3v) is 5.71. The molecule has 2 N–H and O–H groups in total. The van der Waals surface area contributed by atoms with E-state index in [-0.39, 0.29) is 29.7 Å². The van der Waals surface area contributed by atoms with E-state index >= 15 is 4.39 Å². The summed E-state index contributed by atoms with van der Waals surface area (Å²) in [7, 11) is -2.25. The Morgan fingerprint density at radius 1 is 1.14 bits per heavy atom. The van der Waals surface area contributed by atoms with Crippen molar-refractivity contribution in [2.75, 3.05) is 24.8 Å². The van der Waals surface area contributed by atoms with Crippen LogP contribution in [0.2, 0.25) is 0 Å². The van der Waals surface area contributed by atoms with Gasteiger partial charge in [-0.2, -0.15) is 5.10 Å². The summed E-state index contributed by atoms with van der Waals surface area (Å²) in [5, 5.41) is 5.67. The summed E-state index contributed by atoms with van der Waals surface area (Å²) in [5.41, 5.74) is 0.320. The maximum absolute atomic E-state index is 15.3. The summed E-state index contributed by atoms with van der Waals surface area (Å²) >= 11 is 0. The van der Waals surface area contributed by atoms with Crippen LogP contribution in [0.3, 0.4) is 0 Å². The van der Waals surface area contributed by atoms with Crippen molar-refractivity contribution in [3.8, 4) is 16.9 Å². The summed E-state index contributed by atoms with van der Waals surface area (Å²) in [4.78, 5) is 27.2. The second kappa shape index (κ2) is 9.61. The number of carbonyl (C=O) groups excluding carboxylic acids is 2. The normalized spacial score (nSPS) is 14.9. The van der Waals surface area contributed by atoms with Crippen molar-refractivity contribution in [3.05, 3.63) is 47.0 Å². The minimum Gasteiger partial charge on any atom is -0.496 e. The molecule has 3 rings (SSSR count). The van der Waals surface area contributed by atoms with Crippen LogP contribution in [0.5, 0.6) is 5.75 Å². The number of rotatable bonds is 6. The van der Waals surface area contributed by atoms with Crippen LogP contribution < -0.4 is 19.8 Å². The topological polar surface area (TPSA) is 117 Å². The molecule has 12 heteroatoms. The zero-order chi connectivity index (χ0) is 26.1. The van der Waals surface area contributed by atoms with E-state index in [1.54, 1.807) is 6.07 Å². The van der Waals surface area contributed by atoms with Crippen molar-refractivity contribution < 1.29 is 31.5 Å². The molecule has 0 aromatic heterocycles. The predicted octanol–water partition coefficient (Wildman–Crippen LogP) is 3.27. The Morgan fingerprint density at radius 3 is 2.40 bits per heavy atom. The number of methoxy groups -OCH3 is 1. The second-order valence-electron chi connectivity index (χ2n) is 9.03. The molecule has 0 spiro atoms. The average Bonchev–Trinajstić information content (AvgIpc) is 2.74. The molecule has 0 unspecified atom stereocenters. The smallest absolute Gasteiger partial charge is 0.328 e. The number of hydrogen-bond donors (Lipinski definition) is 2. The number of anilines is 1. The molecule has 0 atom stereocenters. The summed E-state index contributed by atoms with van der Waals surface area (Å²) in [5.74, 6) is -2.55. The standard InChI is InChI=1S/C23H26F2N4O5S/c1-23(2,3)17-11-14(29-9-8-18(30)27-22(29)31)10-16(21(17)34-4)15-7-6-13(19(24)20(15)25)12-26-28-35(5,32)33/h6-7,10-12,28H,8-9H2,1-5H3,(H,27,30,31)/b26-12+. The predicted molar refractivity (Wildman–Crippen MR) is 128 cm³/mol. The minimum atomic E-state index is -3.66. The van der Waals surface area contributed by atoms with Crippen molar-refractivity contribution >= 4 is 33.9 Å². The number of nitrogens with zero attached hydrogens (tertiary/aromatic N) is 2. The lowest BCUT2D eigenvalue weighted by atomic mass is 9.83. The maximum atomic E-state index is 15.3. The Hall–Kier alpha value is -3.54. The largest absolute Gasteiger partial charge is 0.496 e. The molecule has 1 fully saturated rings. The molecule has 0 saturated carbocycles. The van der Waals surface area contributed by atoms with Crippen LogP contribution in [0.4, 0.5) is 19.3 Å². The Kier molecular flexibility index (Phi) is 7.16. The fourth-order valence-corrected chi connectivity index (χ4v) is 3.86. The summed E-state index contributed by atoms with van der Waals surface area (Å²) in [6.45, 7) is 5.84. The van der Waals surface area contributed by atoms with Gasteiger partial charge in [0, 0.05) is 40.9 Å². The van der Waals surface area contributed by atoms with E-state index in [2.05, 4.69) is 10.4 Å². The monoisotopic (exact) mass is 508 g/mol. The summed E-state index contributed by atoms with van der Waals surface area (Å²) < 4.78 is 58.1. The van der Waals surface area contributed by atoms with Crippen LogP contribution >= 0.6 is 0 Å². The third kappa shape index (κ3) is 5.76. The van der Waals surface area contributed by atoms with Gasteiger partial charge >= 0.3 is 6.03 Å². The molecule has 0 bridgehead atoms. The lowest BCUT2D eigenvalue weighted by Gasteiger charge is -2.31. The van der Waals surface area contributed by atoms with Crippen LogP contribution in [0.1, 0.15) is 38.3 Å². The van der Waals surface area contributed by atoms with E-state index < -0.39 is 39.0 Å². The molecule has 0 radical (unpaired) electrons. The number of benzene rings is 2. The van der Waals surface area contributed by atoms with Gasteiger partial charge in [-0.3, -0.25) is 15.0 Å². The highest BCUT2D eigenvalue weighted by Crippen LogP contribution is 2.43. The molecule has 188 valence electrons. The molecular formula is C23H26F2N4O5S. The molecule has 2 aromatic rings. The molecule has 2 aromatic carbocycles. The Balaban J connectivity index is 2.19. The molecule has 3 amide bonds. The number of urea groups is 1. The fraction of sp³-hybridized carbons (Fsp3) is 0.348. The lowest BCUT2D eigenvalue weighted by Crippen LogP contribution is -2.49. The van der Waals surface area contributed by atoms with Crippen molar-refractivity contribution in [2.24, 2.45) is 5.10 Å². The molecule has 9 nitrogen and oxygen atoms in total. The molecule has 1 heterocycles. The van der Waals surface area contributed by atoms with E-state index in [9.17, 15) is 22.4 Å². The molecule has 35 heavy (non-hydrogen) atoms. The van der Waals surface area contributed by atoms with Gasteiger partial charge in [-0.25, -0.2) is 26.8 Å². The highest BCUT2D eigenvalue weighted by atomic mass is 32.2. The Labute approximate surface area is 202 Å². The first-order chi connectivity index (χ1) is 16.2. The number of amides is 3. The minimum absolute atomic E-state index is 0.0937. The number of imide groups is 1. The number of ether oxygens (including phenoxy) is 1. The van der Waals surface area contributed by atoms with Crippen LogP contribution in [0.15, 0.2) is 29.4 Å². The van der Waals surface area contributed by atoms with Gasteiger partial charge < -0.3 is 4.74 Å². The van der Waals surface area contributed by atoms with Gasteiger partial charge in [-0.1, -0.05) is 26.8 Å². The first-order valence-corrected chi connectivity index (χ1v) is 12.4. The lowest BCUT2D eigenvalue weighted by molar-refractivity contribution is -0.120. The van der Waals surface area contributed by atoms with Gasteiger partial charge in [-0.05, 0) is 23.6 Å².